The maximum atomic E-state index is 5.25. The Labute approximate surface area is 149 Å². The van der Waals surface area contributed by atoms with Crippen molar-refractivity contribution in [2.75, 3.05) is 21.2 Å². The molecule has 1 heterocycles. The lowest BCUT2D eigenvalue weighted by Crippen LogP contribution is -2.38. The van der Waals surface area contributed by atoms with Gasteiger partial charge in [-0.1, -0.05) is 6.07 Å². The number of benzene rings is 1. The lowest BCUT2D eigenvalue weighted by atomic mass is 10.2. The van der Waals surface area contributed by atoms with E-state index in [1.54, 1.807) is 25.5 Å². The second-order valence-corrected chi connectivity index (χ2v) is 7.00. The van der Waals surface area contributed by atoms with Crippen molar-refractivity contribution in [2.24, 2.45) is 4.99 Å². The number of aryl methyl sites for hydroxylation is 1. The minimum Gasteiger partial charge on any atom is -0.496 e. The number of aromatic nitrogens is 1. The zero-order valence-corrected chi connectivity index (χ0v) is 16.2. The highest BCUT2D eigenvalue weighted by Gasteiger charge is 2.09. The lowest BCUT2D eigenvalue weighted by Gasteiger charge is -2.21. The first-order valence-electron chi connectivity index (χ1n) is 7.18. The van der Waals surface area contributed by atoms with E-state index in [0.717, 1.165) is 39.0 Å². The number of halogens is 1. The van der Waals surface area contributed by atoms with Gasteiger partial charge in [-0.25, -0.2) is 4.98 Å². The van der Waals surface area contributed by atoms with Crippen LogP contribution >= 0.6 is 27.3 Å². The average Bonchev–Trinajstić information content (AvgIpc) is 2.93. The minimum atomic E-state index is 0.690. The summed E-state index contributed by atoms with van der Waals surface area (Å²) in [5, 5.41) is 6.53. The molecular formula is C16H21BrN4OS. The van der Waals surface area contributed by atoms with E-state index in [9.17, 15) is 0 Å². The fourth-order valence-corrected chi connectivity index (χ4v) is 3.38. The van der Waals surface area contributed by atoms with Gasteiger partial charge in [-0.05, 0) is 40.5 Å². The Morgan fingerprint density at radius 2 is 2.26 bits per heavy atom. The van der Waals surface area contributed by atoms with E-state index in [4.69, 9.17) is 4.74 Å². The standard InChI is InChI=1S/C16H21BrN4OS/c1-11-20-13(10-23-11)9-21(3)16(18-2)19-8-12-5-6-15(22-4)14(17)7-12/h5-7,10H,8-9H2,1-4H3,(H,18,19). The summed E-state index contributed by atoms with van der Waals surface area (Å²) >= 11 is 5.17. The van der Waals surface area contributed by atoms with E-state index in [2.05, 4.69) is 41.5 Å². The van der Waals surface area contributed by atoms with Gasteiger partial charge in [-0.3, -0.25) is 4.99 Å². The van der Waals surface area contributed by atoms with Crippen LogP contribution in [0.3, 0.4) is 0 Å². The normalized spacial score (nSPS) is 11.4. The predicted octanol–water partition coefficient (Wildman–Crippen LogP) is 3.43. The van der Waals surface area contributed by atoms with Crippen LogP contribution in [0.5, 0.6) is 5.75 Å². The zero-order valence-electron chi connectivity index (χ0n) is 13.8. The Morgan fingerprint density at radius 3 is 2.83 bits per heavy atom. The molecule has 0 amide bonds. The Balaban J connectivity index is 1.95. The Kier molecular flexibility index (Phi) is 6.41. The molecule has 124 valence electrons. The van der Waals surface area contributed by atoms with Crippen molar-refractivity contribution in [2.45, 2.75) is 20.0 Å². The number of thiazole rings is 1. The van der Waals surface area contributed by atoms with Gasteiger partial charge in [0.05, 0.1) is 28.8 Å². The summed E-state index contributed by atoms with van der Waals surface area (Å²) < 4.78 is 6.19. The van der Waals surface area contributed by atoms with Gasteiger partial charge in [-0.15, -0.1) is 11.3 Å². The summed E-state index contributed by atoms with van der Waals surface area (Å²) in [6.07, 6.45) is 0. The molecule has 0 aliphatic carbocycles. The third kappa shape index (κ3) is 4.94. The molecule has 1 aromatic carbocycles. The number of aliphatic imine (C=N–C) groups is 1. The second-order valence-electron chi connectivity index (χ2n) is 5.08. The van der Waals surface area contributed by atoms with Gasteiger partial charge in [0.15, 0.2) is 5.96 Å². The highest BCUT2D eigenvalue weighted by atomic mass is 79.9. The molecule has 0 spiro atoms. The lowest BCUT2D eigenvalue weighted by molar-refractivity contribution is 0.412. The highest BCUT2D eigenvalue weighted by molar-refractivity contribution is 9.10. The summed E-state index contributed by atoms with van der Waals surface area (Å²) in [5.74, 6) is 1.66. The molecule has 1 N–H and O–H groups in total. The van der Waals surface area contributed by atoms with Crippen LogP contribution in [-0.4, -0.2) is 37.0 Å². The summed E-state index contributed by atoms with van der Waals surface area (Å²) in [7, 11) is 5.46. The predicted molar refractivity (Wildman–Crippen MR) is 99.2 cm³/mol. The number of hydrogen-bond acceptors (Lipinski definition) is 4. The van der Waals surface area contributed by atoms with Gasteiger partial charge in [0.25, 0.3) is 0 Å². The van der Waals surface area contributed by atoms with Crippen LogP contribution in [0.1, 0.15) is 16.3 Å². The largest absolute Gasteiger partial charge is 0.496 e. The van der Waals surface area contributed by atoms with Gasteiger partial charge < -0.3 is 15.0 Å². The summed E-state index contributed by atoms with van der Waals surface area (Å²) in [5.41, 5.74) is 2.21. The summed E-state index contributed by atoms with van der Waals surface area (Å²) in [6, 6.07) is 6.03. The molecule has 0 fully saturated rings. The van der Waals surface area contributed by atoms with Crippen LogP contribution in [0.2, 0.25) is 0 Å². The van der Waals surface area contributed by atoms with Crippen LogP contribution < -0.4 is 10.1 Å². The Bertz CT molecular complexity index is 686. The molecule has 0 saturated carbocycles. The molecule has 23 heavy (non-hydrogen) atoms. The molecule has 0 unspecified atom stereocenters. The van der Waals surface area contributed by atoms with E-state index in [0.29, 0.717) is 6.54 Å². The number of guanidine groups is 1. The van der Waals surface area contributed by atoms with Gasteiger partial charge in [0, 0.05) is 26.0 Å². The molecule has 2 aromatic rings. The second kappa shape index (κ2) is 8.31. The first-order chi connectivity index (χ1) is 11.0. The fraction of sp³-hybridized carbons (Fsp3) is 0.375. The van der Waals surface area contributed by atoms with E-state index < -0.39 is 0 Å². The quantitative estimate of drug-likeness (QED) is 0.621. The van der Waals surface area contributed by atoms with Crippen molar-refractivity contribution in [1.82, 2.24) is 15.2 Å². The first kappa shape index (κ1) is 17.7. The van der Waals surface area contributed by atoms with Crippen molar-refractivity contribution in [3.8, 4) is 5.75 Å². The molecule has 1 aromatic heterocycles. The third-order valence-corrected chi connectivity index (χ3v) is 4.75. The molecule has 0 bridgehead atoms. The first-order valence-corrected chi connectivity index (χ1v) is 8.86. The molecule has 0 aliphatic heterocycles. The molecule has 0 atom stereocenters. The SMILES string of the molecule is CN=C(NCc1ccc(OC)c(Br)c1)N(C)Cc1csc(C)n1. The van der Waals surface area contributed by atoms with E-state index >= 15 is 0 Å². The van der Waals surface area contributed by atoms with Crippen LogP contribution in [0, 0.1) is 6.92 Å². The van der Waals surface area contributed by atoms with Gasteiger partial charge in [-0.2, -0.15) is 0 Å². The van der Waals surface area contributed by atoms with Gasteiger partial charge in [0.2, 0.25) is 0 Å². The van der Waals surface area contributed by atoms with Crippen molar-refractivity contribution in [3.05, 3.63) is 44.3 Å². The molecular weight excluding hydrogens is 376 g/mol. The number of ether oxygens (including phenoxy) is 1. The monoisotopic (exact) mass is 396 g/mol. The topological polar surface area (TPSA) is 49.8 Å². The molecule has 0 saturated heterocycles. The van der Waals surface area contributed by atoms with Crippen molar-refractivity contribution < 1.29 is 4.74 Å². The average molecular weight is 397 g/mol. The molecule has 5 nitrogen and oxygen atoms in total. The number of hydrogen-bond donors (Lipinski definition) is 1. The smallest absolute Gasteiger partial charge is 0.194 e. The number of methoxy groups -OCH3 is 1. The van der Waals surface area contributed by atoms with E-state index in [1.165, 1.54) is 0 Å². The van der Waals surface area contributed by atoms with Crippen LogP contribution in [0.25, 0.3) is 0 Å². The van der Waals surface area contributed by atoms with E-state index in [-0.39, 0.29) is 0 Å². The van der Waals surface area contributed by atoms with Crippen LogP contribution in [0.15, 0.2) is 33.0 Å². The van der Waals surface area contributed by atoms with Crippen LogP contribution in [0.4, 0.5) is 0 Å². The van der Waals surface area contributed by atoms with E-state index in [1.807, 2.05) is 32.2 Å². The molecule has 2 rings (SSSR count). The molecule has 0 aliphatic rings. The molecule has 0 radical (unpaired) electrons. The third-order valence-electron chi connectivity index (χ3n) is 3.31. The maximum absolute atomic E-state index is 5.25. The number of nitrogens with zero attached hydrogens (tertiary/aromatic N) is 3. The van der Waals surface area contributed by atoms with Crippen molar-refractivity contribution >= 4 is 33.2 Å². The summed E-state index contributed by atoms with van der Waals surface area (Å²) in [4.78, 5) is 10.9. The van der Waals surface area contributed by atoms with Gasteiger partial charge in [0.1, 0.15) is 5.75 Å². The maximum Gasteiger partial charge on any atom is 0.194 e. The van der Waals surface area contributed by atoms with Crippen molar-refractivity contribution in [3.63, 3.8) is 0 Å². The van der Waals surface area contributed by atoms with Crippen LogP contribution in [-0.2, 0) is 13.1 Å². The highest BCUT2D eigenvalue weighted by Crippen LogP contribution is 2.25. The Morgan fingerprint density at radius 1 is 1.48 bits per heavy atom. The van der Waals surface area contributed by atoms with Gasteiger partial charge >= 0.3 is 0 Å². The number of nitrogens with one attached hydrogen (secondary N) is 1. The van der Waals surface area contributed by atoms with Crippen molar-refractivity contribution in [1.29, 1.82) is 0 Å². The zero-order chi connectivity index (χ0) is 16.8. The minimum absolute atomic E-state index is 0.690. The Hall–Kier alpha value is -1.60. The summed E-state index contributed by atoms with van der Waals surface area (Å²) in [6.45, 7) is 3.44. The fourth-order valence-electron chi connectivity index (χ4n) is 2.18. The number of rotatable bonds is 5. The molecule has 7 heteroatoms.